The molecule has 1 fully saturated rings. The maximum Gasteiger partial charge on any atom is 0.0277 e. The molecule has 6 heavy (non-hydrogen) atoms. The summed E-state index contributed by atoms with van der Waals surface area (Å²) in [5.41, 5.74) is 0. The van der Waals surface area contributed by atoms with Gasteiger partial charge in [0.15, 0.2) is 0 Å². The first-order chi connectivity index (χ1) is 2.93. The maximum atomic E-state index is 5.01. The Hall–Kier alpha value is -0.640. The van der Waals surface area contributed by atoms with Crippen molar-refractivity contribution in [3.8, 4) is 12.5 Å². The molecule has 1 aliphatic heterocycles. The van der Waals surface area contributed by atoms with E-state index in [9.17, 15) is 0 Å². The van der Waals surface area contributed by atoms with Crippen LogP contribution in [0.15, 0.2) is 0 Å². The topological polar surface area (TPSA) is 3.24 Å². The number of rotatable bonds is 0. The third-order valence-electron chi connectivity index (χ3n) is 1.04. The van der Waals surface area contributed by atoms with Crippen LogP contribution in [0.5, 0.6) is 0 Å². The van der Waals surface area contributed by atoms with E-state index in [1.165, 1.54) is 6.42 Å². The van der Waals surface area contributed by atoms with Crippen molar-refractivity contribution < 1.29 is 0 Å². The van der Waals surface area contributed by atoms with Crippen LogP contribution in [0.3, 0.4) is 0 Å². The predicted molar refractivity (Wildman–Crippen MR) is 25.0 cm³/mol. The lowest BCUT2D eigenvalue weighted by Crippen LogP contribution is -2.32. The van der Waals surface area contributed by atoms with Gasteiger partial charge in [0.1, 0.15) is 0 Å². The summed E-state index contributed by atoms with van der Waals surface area (Å²) in [5, 5.41) is 0. The standard InChI is InChI=1S/C5H7N/c1-2-6-4-3-5-6/h1H,3-5H2. The predicted octanol–water partition coefficient (Wildman–Crippen LogP) is 0.283. The van der Waals surface area contributed by atoms with Crippen molar-refractivity contribution in [2.45, 2.75) is 6.42 Å². The second-order valence-corrected chi connectivity index (χ2v) is 1.47. The Kier molecular flexibility index (Phi) is 0.719. The lowest BCUT2D eigenvalue weighted by molar-refractivity contribution is 0.283. The van der Waals surface area contributed by atoms with E-state index in [-0.39, 0.29) is 0 Å². The summed E-state index contributed by atoms with van der Waals surface area (Å²) in [6.45, 7) is 2.22. The third kappa shape index (κ3) is 0.345. The Balaban J connectivity index is 2.22. The molecule has 0 amide bonds. The molecule has 0 aromatic heterocycles. The highest BCUT2D eigenvalue weighted by Gasteiger charge is 2.06. The van der Waals surface area contributed by atoms with Gasteiger partial charge in [-0.2, -0.15) is 0 Å². The molecule has 0 aromatic carbocycles. The molecule has 32 valence electrons. The number of likely N-dealkylation sites (tertiary alicyclic amines) is 1. The number of hydrogen-bond donors (Lipinski definition) is 0. The molecule has 0 bridgehead atoms. The monoisotopic (exact) mass is 81.1 g/mol. The van der Waals surface area contributed by atoms with E-state index >= 15 is 0 Å². The van der Waals surface area contributed by atoms with Crippen LogP contribution in [0, 0.1) is 12.5 Å². The van der Waals surface area contributed by atoms with Gasteiger partial charge in [0, 0.05) is 19.1 Å². The van der Waals surface area contributed by atoms with Gasteiger partial charge in [0.2, 0.25) is 0 Å². The molecule has 0 saturated carbocycles. The number of hydrogen-bond acceptors (Lipinski definition) is 1. The average molecular weight is 81.1 g/mol. The van der Waals surface area contributed by atoms with Gasteiger partial charge in [-0.25, -0.2) is 0 Å². The van der Waals surface area contributed by atoms with Crippen LogP contribution in [0.25, 0.3) is 0 Å². The highest BCUT2D eigenvalue weighted by atomic mass is 15.1. The lowest BCUT2D eigenvalue weighted by Gasteiger charge is -2.25. The van der Waals surface area contributed by atoms with Crippen molar-refractivity contribution in [1.29, 1.82) is 0 Å². The Morgan fingerprint density at radius 3 is 2.17 bits per heavy atom. The van der Waals surface area contributed by atoms with Gasteiger partial charge >= 0.3 is 0 Å². The molecule has 0 spiro atoms. The zero-order chi connectivity index (χ0) is 4.41. The molecule has 1 heterocycles. The smallest absolute Gasteiger partial charge is 0.0277 e. The van der Waals surface area contributed by atoms with Gasteiger partial charge in [-0.05, 0) is 6.42 Å². The fourth-order valence-corrected chi connectivity index (χ4v) is 0.445. The molecule has 1 nitrogen and oxygen atoms in total. The van der Waals surface area contributed by atoms with Crippen LogP contribution in [0.4, 0.5) is 0 Å². The Bertz CT molecular complexity index is 76.4. The zero-order valence-electron chi connectivity index (χ0n) is 3.65. The van der Waals surface area contributed by atoms with Gasteiger partial charge in [0.25, 0.3) is 0 Å². The van der Waals surface area contributed by atoms with E-state index in [1.807, 2.05) is 4.90 Å². The van der Waals surface area contributed by atoms with Crippen molar-refractivity contribution in [1.82, 2.24) is 4.90 Å². The molecular formula is C5H7N. The molecule has 0 aromatic rings. The first-order valence-corrected chi connectivity index (χ1v) is 2.14. The van der Waals surface area contributed by atoms with Crippen molar-refractivity contribution >= 4 is 0 Å². The van der Waals surface area contributed by atoms with Crippen LogP contribution in [-0.2, 0) is 0 Å². The van der Waals surface area contributed by atoms with Gasteiger partial charge < -0.3 is 4.90 Å². The molecule has 0 aliphatic carbocycles. The summed E-state index contributed by atoms with van der Waals surface area (Å²) < 4.78 is 0. The van der Waals surface area contributed by atoms with Crippen molar-refractivity contribution in [3.05, 3.63) is 0 Å². The van der Waals surface area contributed by atoms with E-state index in [0.29, 0.717) is 0 Å². The van der Waals surface area contributed by atoms with Crippen molar-refractivity contribution in [3.63, 3.8) is 0 Å². The zero-order valence-corrected chi connectivity index (χ0v) is 3.65. The fraction of sp³-hybridized carbons (Fsp3) is 0.600. The first-order valence-electron chi connectivity index (χ1n) is 2.14. The maximum absolute atomic E-state index is 5.01. The number of nitrogens with zero attached hydrogens (tertiary/aromatic N) is 1. The molecular weight excluding hydrogens is 74.1 g/mol. The van der Waals surface area contributed by atoms with Crippen LogP contribution in [0.1, 0.15) is 6.42 Å². The summed E-state index contributed by atoms with van der Waals surface area (Å²) in [5.74, 6) is 0. The van der Waals surface area contributed by atoms with Crippen LogP contribution in [-0.4, -0.2) is 18.0 Å². The molecule has 1 rings (SSSR count). The minimum absolute atomic E-state index is 1.11. The summed E-state index contributed by atoms with van der Waals surface area (Å²) in [6.07, 6.45) is 6.29. The first kappa shape index (κ1) is 3.55. The summed E-state index contributed by atoms with van der Waals surface area (Å²) in [6, 6.07) is 2.53. The van der Waals surface area contributed by atoms with Crippen molar-refractivity contribution in [2.75, 3.05) is 13.1 Å². The highest BCUT2D eigenvalue weighted by molar-refractivity contribution is 4.89. The summed E-state index contributed by atoms with van der Waals surface area (Å²) in [4.78, 5) is 1.96. The third-order valence-corrected chi connectivity index (χ3v) is 1.04. The average Bonchev–Trinajstić information content (AvgIpc) is 1.31. The fourth-order valence-electron chi connectivity index (χ4n) is 0.445. The van der Waals surface area contributed by atoms with E-state index in [2.05, 4.69) is 6.04 Å². The molecule has 1 saturated heterocycles. The lowest BCUT2D eigenvalue weighted by atomic mass is 10.2. The van der Waals surface area contributed by atoms with Gasteiger partial charge in [-0.3, -0.25) is 0 Å². The van der Waals surface area contributed by atoms with Gasteiger partial charge in [-0.15, -0.1) is 0 Å². The van der Waals surface area contributed by atoms with Crippen LogP contribution < -0.4 is 0 Å². The second-order valence-electron chi connectivity index (χ2n) is 1.47. The van der Waals surface area contributed by atoms with E-state index < -0.39 is 0 Å². The van der Waals surface area contributed by atoms with E-state index in [4.69, 9.17) is 6.42 Å². The number of terminal acetylenes is 1. The van der Waals surface area contributed by atoms with Crippen molar-refractivity contribution in [2.24, 2.45) is 0 Å². The highest BCUT2D eigenvalue weighted by Crippen LogP contribution is 2.00. The largest absolute Gasteiger partial charge is 0.333 e. The van der Waals surface area contributed by atoms with Gasteiger partial charge in [0.05, 0.1) is 0 Å². The van der Waals surface area contributed by atoms with Gasteiger partial charge in [-0.1, -0.05) is 6.42 Å². The minimum Gasteiger partial charge on any atom is -0.333 e. The molecule has 1 aliphatic rings. The quantitative estimate of drug-likeness (QED) is 0.379. The Morgan fingerprint density at radius 1 is 1.50 bits per heavy atom. The van der Waals surface area contributed by atoms with Crippen LogP contribution >= 0.6 is 0 Å². The van der Waals surface area contributed by atoms with Crippen LogP contribution in [0.2, 0.25) is 0 Å². The Labute approximate surface area is 38.0 Å². The normalized spacial score (nSPS) is 18.8. The molecule has 0 unspecified atom stereocenters. The minimum atomic E-state index is 1.11. The molecule has 0 N–H and O–H groups in total. The second kappa shape index (κ2) is 1.22. The Morgan fingerprint density at radius 2 is 2.17 bits per heavy atom. The summed E-state index contributed by atoms with van der Waals surface area (Å²) >= 11 is 0. The molecule has 0 radical (unpaired) electrons. The van der Waals surface area contributed by atoms with E-state index in [1.54, 1.807) is 0 Å². The van der Waals surface area contributed by atoms with E-state index in [0.717, 1.165) is 13.1 Å². The SMILES string of the molecule is C#CN1CCC1. The summed E-state index contributed by atoms with van der Waals surface area (Å²) in [7, 11) is 0. The molecule has 0 atom stereocenters. The molecule has 1 heteroatoms.